The quantitative estimate of drug-likeness (QED) is 0.191. The summed E-state index contributed by atoms with van der Waals surface area (Å²) in [6, 6.07) is 31.6. The Bertz CT molecular complexity index is 1770. The minimum absolute atomic E-state index is 0.0806. The van der Waals surface area contributed by atoms with E-state index >= 15 is 0 Å². The number of methoxy groups -OCH3 is 1. The third kappa shape index (κ3) is 5.37. The Labute approximate surface area is 245 Å². The van der Waals surface area contributed by atoms with Crippen molar-refractivity contribution in [3.05, 3.63) is 128 Å². The second-order valence-electron chi connectivity index (χ2n) is 9.45. The molecule has 1 unspecified atom stereocenters. The van der Waals surface area contributed by atoms with E-state index < -0.39 is 0 Å². The molecule has 3 N–H and O–H groups in total. The smallest absolute Gasteiger partial charge is 0.280 e. The summed E-state index contributed by atoms with van der Waals surface area (Å²) in [5, 5.41) is 8.57. The molecule has 0 aliphatic carbocycles. The average Bonchev–Trinajstić information content (AvgIpc) is 3.45. The van der Waals surface area contributed by atoms with Crippen LogP contribution in [0.3, 0.4) is 0 Å². The third-order valence-corrected chi connectivity index (χ3v) is 7.50. The number of halogens is 1. The van der Waals surface area contributed by atoms with Gasteiger partial charge in [-0.25, -0.2) is 9.66 Å². The fourth-order valence-electron chi connectivity index (χ4n) is 4.86. The molecule has 0 amide bonds. The van der Waals surface area contributed by atoms with Crippen molar-refractivity contribution in [2.45, 2.75) is 18.9 Å². The topological polar surface area (TPSA) is 92.6 Å². The molecule has 1 atom stereocenters. The lowest BCUT2D eigenvalue weighted by atomic mass is 10.0. The van der Waals surface area contributed by atoms with Gasteiger partial charge >= 0.3 is 0 Å². The van der Waals surface area contributed by atoms with Gasteiger partial charge in [-0.3, -0.25) is 10.2 Å². The van der Waals surface area contributed by atoms with Gasteiger partial charge in [-0.05, 0) is 70.6 Å². The molecule has 2 heterocycles. The highest BCUT2D eigenvalue weighted by Crippen LogP contribution is 2.29. The molecule has 1 aromatic heterocycles. The lowest BCUT2D eigenvalue weighted by molar-refractivity contribution is 0.402. The zero-order valence-electron chi connectivity index (χ0n) is 21.8. The molecule has 0 saturated carbocycles. The SMILES string of the molecule is COc1ccccc1C1CC(Nn2c(Cc3ccccc3Nc3ccccc3)nc3ccc(I)cc3c2=O)=NN1. The summed E-state index contributed by atoms with van der Waals surface area (Å²) < 4.78 is 8.05. The van der Waals surface area contributed by atoms with Crippen LogP contribution in [0.2, 0.25) is 0 Å². The first-order chi connectivity index (χ1) is 19.6. The molecule has 0 spiro atoms. The maximum Gasteiger partial charge on any atom is 0.280 e. The molecular formula is C31H27IN6O2. The molecule has 6 rings (SSSR count). The van der Waals surface area contributed by atoms with Gasteiger partial charge in [-0.1, -0.05) is 54.6 Å². The minimum atomic E-state index is -0.171. The van der Waals surface area contributed by atoms with Crippen LogP contribution >= 0.6 is 22.6 Å². The van der Waals surface area contributed by atoms with E-state index in [1.807, 2.05) is 97.1 Å². The van der Waals surface area contributed by atoms with Crippen LogP contribution in [-0.4, -0.2) is 22.6 Å². The number of benzene rings is 4. The van der Waals surface area contributed by atoms with Gasteiger partial charge in [0.2, 0.25) is 0 Å². The normalized spacial score (nSPS) is 14.4. The predicted octanol–water partition coefficient (Wildman–Crippen LogP) is 5.94. The number of rotatable bonds is 7. The van der Waals surface area contributed by atoms with E-state index in [1.54, 1.807) is 7.11 Å². The van der Waals surface area contributed by atoms with Crippen molar-refractivity contribution in [2.75, 3.05) is 17.9 Å². The van der Waals surface area contributed by atoms with Crippen molar-refractivity contribution in [1.29, 1.82) is 0 Å². The second-order valence-corrected chi connectivity index (χ2v) is 10.7. The Morgan fingerprint density at radius 1 is 1.00 bits per heavy atom. The number of aromatic nitrogens is 2. The fraction of sp³-hybridized carbons (Fsp3) is 0.129. The minimum Gasteiger partial charge on any atom is -0.496 e. The number of nitrogens with one attached hydrogen (secondary N) is 3. The number of hydrogen-bond acceptors (Lipinski definition) is 7. The number of nitrogens with zero attached hydrogens (tertiary/aromatic N) is 3. The maximum absolute atomic E-state index is 13.9. The van der Waals surface area contributed by atoms with Crippen LogP contribution in [0.1, 0.15) is 29.4 Å². The van der Waals surface area contributed by atoms with Crippen LogP contribution in [0.25, 0.3) is 10.9 Å². The number of para-hydroxylation sites is 3. The zero-order chi connectivity index (χ0) is 27.5. The number of amidine groups is 1. The molecule has 0 radical (unpaired) electrons. The number of ether oxygens (including phenoxy) is 1. The fourth-order valence-corrected chi connectivity index (χ4v) is 5.35. The standard InChI is InChI=1S/C31H27IN6O2/c1-40-28-14-8-6-12-23(28)27-19-29(36-35-27)37-38-30(34-26-16-15-21(32)18-24(26)31(38)39)17-20-9-5-7-13-25(20)33-22-10-3-2-4-11-22/h2-16,18,27,33,35H,17,19H2,1H3,(H,36,37). The van der Waals surface area contributed by atoms with Crippen LogP contribution in [0.4, 0.5) is 11.4 Å². The first-order valence-corrected chi connectivity index (χ1v) is 14.0. The van der Waals surface area contributed by atoms with E-state index in [0.29, 0.717) is 35.4 Å². The van der Waals surface area contributed by atoms with Crippen LogP contribution in [0.15, 0.2) is 107 Å². The molecule has 40 heavy (non-hydrogen) atoms. The van der Waals surface area contributed by atoms with Crippen molar-refractivity contribution < 1.29 is 4.74 Å². The van der Waals surface area contributed by atoms with Gasteiger partial charge in [-0.15, -0.1) is 0 Å². The largest absolute Gasteiger partial charge is 0.496 e. The first-order valence-electron chi connectivity index (χ1n) is 12.9. The Hall–Kier alpha value is -4.38. The number of fused-ring (bicyclic) bond motifs is 1. The van der Waals surface area contributed by atoms with Gasteiger partial charge in [0.25, 0.3) is 5.56 Å². The third-order valence-electron chi connectivity index (χ3n) is 6.83. The molecule has 1 aliphatic heterocycles. The molecule has 200 valence electrons. The molecule has 0 bridgehead atoms. The van der Waals surface area contributed by atoms with Crippen LogP contribution < -0.4 is 26.5 Å². The highest BCUT2D eigenvalue weighted by molar-refractivity contribution is 14.1. The van der Waals surface area contributed by atoms with E-state index in [-0.39, 0.29) is 11.6 Å². The number of hydrogen-bond donors (Lipinski definition) is 3. The van der Waals surface area contributed by atoms with Crippen molar-refractivity contribution in [3.8, 4) is 5.75 Å². The summed E-state index contributed by atoms with van der Waals surface area (Å²) in [5.41, 5.74) is 10.9. The molecule has 0 fully saturated rings. The summed E-state index contributed by atoms with van der Waals surface area (Å²) in [5.74, 6) is 2.02. The van der Waals surface area contributed by atoms with Gasteiger partial charge in [-0.2, -0.15) is 5.10 Å². The van der Waals surface area contributed by atoms with E-state index in [0.717, 1.165) is 31.8 Å². The van der Waals surface area contributed by atoms with Gasteiger partial charge < -0.3 is 15.5 Å². The number of anilines is 2. The van der Waals surface area contributed by atoms with E-state index in [9.17, 15) is 4.79 Å². The van der Waals surface area contributed by atoms with Crippen molar-refractivity contribution in [1.82, 2.24) is 15.1 Å². The average molecular weight is 643 g/mol. The van der Waals surface area contributed by atoms with E-state index in [2.05, 4.69) is 43.9 Å². The second kappa shape index (κ2) is 11.4. The molecule has 4 aromatic carbocycles. The lowest BCUT2D eigenvalue weighted by Crippen LogP contribution is -2.36. The van der Waals surface area contributed by atoms with E-state index in [4.69, 9.17) is 9.72 Å². The summed E-state index contributed by atoms with van der Waals surface area (Å²) in [6.07, 6.45) is 0.986. The highest BCUT2D eigenvalue weighted by atomic mass is 127. The summed E-state index contributed by atoms with van der Waals surface area (Å²) >= 11 is 2.21. The summed E-state index contributed by atoms with van der Waals surface area (Å²) in [6.45, 7) is 0. The van der Waals surface area contributed by atoms with Crippen molar-refractivity contribution >= 4 is 50.7 Å². The van der Waals surface area contributed by atoms with Gasteiger partial charge in [0.1, 0.15) is 17.4 Å². The molecule has 1 aliphatic rings. The molecule has 5 aromatic rings. The zero-order valence-corrected chi connectivity index (χ0v) is 23.9. The predicted molar refractivity (Wildman–Crippen MR) is 168 cm³/mol. The lowest BCUT2D eigenvalue weighted by Gasteiger charge is -2.18. The van der Waals surface area contributed by atoms with Gasteiger partial charge in [0.15, 0.2) is 0 Å². The maximum atomic E-state index is 13.9. The molecule has 9 heteroatoms. The van der Waals surface area contributed by atoms with Crippen LogP contribution in [-0.2, 0) is 6.42 Å². The van der Waals surface area contributed by atoms with Gasteiger partial charge in [0.05, 0.1) is 24.1 Å². The number of hydrazone groups is 1. The summed E-state index contributed by atoms with van der Waals surface area (Å²) in [7, 11) is 1.66. The van der Waals surface area contributed by atoms with E-state index in [1.165, 1.54) is 4.68 Å². The Balaban J connectivity index is 1.35. The highest BCUT2D eigenvalue weighted by Gasteiger charge is 2.24. The molecule has 8 nitrogen and oxygen atoms in total. The van der Waals surface area contributed by atoms with Crippen LogP contribution in [0, 0.1) is 3.57 Å². The summed E-state index contributed by atoms with van der Waals surface area (Å²) in [4.78, 5) is 18.8. The first kappa shape index (κ1) is 25.9. The van der Waals surface area contributed by atoms with Crippen LogP contribution in [0.5, 0.6) is 5.75 Å². The van der Waals surface area contributed by atoms with Crippen molar-refractivity contribution in [2.24, 2.45) is 5.10 Å². The monoisotopic (exact) mass is 642 g/mol. The Morgan fingerprint density at radius 2 is 1.77 bits per heavy atom. The van der Waals surface area contributed by atoms with Crippen molar-refractivity contribution in [3.63, 3.8) is 0 Å². The Morgan fingerprint density at radius 3 is 2.62 bits per heavy atom. The molecule has 0 saturated heterocycles. The van der Waals surface area contributed by atoms with Gasteiger partial charge in [0, 0.05) is 33.4 Å². The Kier molecular flexibility index (Phi) is 7.37. The molecular weight excluding hydrogens is 615 g/mol.